The zero-order valence-corrected chi connectivity index (χ0v) is 13.8. The molecule has 1 unspecified atom stereocenters. The van der Waals surface area contributed by atoms with Crippen LogP contribution in [-0.2, 0) is 15.1 Å². The Hall–Kier alpha value is -1.00. The molecule has 0 aromatic heterocycles. The number of rotatable bonds is 6. The largest absolute Gasteiger partial charge is 0.467 e. The van der Waals surface area contributed by atoms with Gasteiger partial charge in [0.1, 0.15) is 0 Å². The van der Waals surface area contributed by atoms with E-state index in [0.717, 1.165) is 5.56 Å². The number of thioether (sulfide) groups is 1. The molecule has 0 saturated heterocycles. The van der Waals surface area contributed by atoms with Crippen molar-refractivity contribution >= 4 is 17.7 Å². The average Bonchev–Trinajstić information content (AvgIpc) is 2.42. The minimum atomic E-state index is -0.789. The van der Waals surface area contributed by atoms with E-state index in [2.05, 4.69) is 26.1 Å². The van der Waals surface area contributed by atoms with Crippen LogP contribution in [0.2, 0.25) is 0 Å². The molecule has 1 rings (SSSR count). The Morgan fingerprint density at radius 3 is 2.30 bits per heavy atom. The van der Waals surface area contributed by atoms with Gasteiger partial charge in [-0.15, -0.1) is 0 Å². The standard InChI is InChI=1S/C16H25NO2S/c1-6-17-16(14(18)19-5,12-20-15(2,3)4)13-10-8-7-9-11-13/h7-11,17H,6,12H2,1-5H3. The molecule has 0 amide bonds. The molecule has 0 heterocycles. The zero-order chi connectivity index (χ0) is 15.2. The van der Waals surface area contributed by atoms with Gasteiger partial charge in [-0.2, -0.15) is 11.8 Å². The lowest BCUT2D eigenvalue weighted by Gasteiger charge is -2.34. The summed E-state index contributed by atoms with van der Waals surface area (Å²) >= 11 is 1.76. The van der Waals surface area contributed by atoms with Gasteiger partial charge in [0.2, 0.25) is 0 Å². The van der Waals surface area contributed by atoms with Crippen LogP contribution in [0.15, 0.2) is 30.3 Å². The molecule has 1 aromatic rings. The SMILES string of the molecule is CCNC(CSC(C)(C)C)(C(=O)OC)c1ccccc1. The van der Waals surface area contributed by atoms with Crippen molar-refractivity contribution in [1.29, 1.82) is 0 Å². The van der Waals surface area contributed by atoms with Gasteiger partial charge in [-0.25, -0.2) is 4.79 Å². The number of esters is 1. The van der Waals surface area contributed by atoms with Gasteiger partial charge in [0.05, 0.1) is 7.11 Å². The zero-order valence-electron chi connectivity index (χ0n) is 13.0. The number of carbonyl (C=O) groups excluding carboxylic acids is 1. The number of nitrogens with one attached hydrogen (secondary N) is 1. The van der Waals surface area contributed by atoms with Crippen molar-refractivity contribution in [2.75, 3.05) is 19.4 Å². The Bertz CT molecular complexity index is 428. The molecule has 0 radical (unpaired) electrons. The summed E-state index contributed by atoms with van der Waals surface area (Å²) in [4.78, 5) is 12.4. The van der Waals surface area contributed by atoms with E-state index in [4.69, 9.17) is 4.74 Å². The molecule has 0 aliphatic heterocycles. The first-order valence-corrected chi connectivity index (χ1v) is 7.87. The number of benzene rings is 1. The molecule has 0 bridgehead atoms. The van der Waals surface area contributed by atoms with Gasteiger partial charge in [0.25, 0.3) is 0 Å². The van der Waals surface area contributed by atoms with E-state index >= 15 is 0 Å². The minimum absolute atomic E-state index is 0.0868. The van der Waals surface area contributed by atoms with E-state index < -0.39 is 5.54 Å². The fourth-order valence-corrected chi connectivity index (χ4v) is 3.04. The Balaban J connectivity index is 3.18. The molecule has 0 saturated carbocycles. The fourth-order valence-electron chi connectivity index (χ4n) is 2.01. The first-order valence-electron chi connectivity index (χ1n) is 6.88. The fraction of sp³-hybridized carbons (Fsp3) is 0.562. The minimum Gasteiger partial charge on any atom is -0.467 e. The highest BCUT2D eigenvalue weighted by Crippen LogP contribution is 2.33. The van der Waals surface area contributed by atoms with Crippen LogP contribution in [0.25, 0.3) is 0 Å². The van der Waals surface area contributed by atoms with E-state index in [9.17, 15) is 4.79 Å². The summed E-state index contributed by atoms with van der Waals surface area (Å²) in [6.45, 7) is 9.15. The van der Waals surface area contributed by atoms with Crippen molar-refractivity contribution < 1.29 is 9.53 Å². The van der Waals surface area contributed by atoms with Crippen LogP contribution in [-0.4, -0.2) is 30.1 Å². The van der Waals surface area contributed by atoms with Crippen LogP contribution in [0.1, 0.15) is 33.3 Å². The van der Waals surface area contributed by atoms with Gasteiger partial charge in [-0.1, -0.05) is 58.0 Å². The average molecular weight is 295 g/mol. The Morgan fingerprint density at radius 1 is 1.25 bits per heavy atom. The van der Waals surface area contributed by atoms with Gasteiger partial charge in [-0.05, 0) is 12.1 Å². The van der Waals surface area contributed by atoms with Crippen molar-refractivity contribution in [3.8, 4) is 0 Å². The summed E-state index contributed by atoms with van der Waals surface area (Å²) in [5.74, 6) is 0.406. The summed E-state index contributed by atoms with van der Waals surface area (Å²) in [5.41, 5.74) is 0.161. The number of likely N-dealkylation sites (N-methyl/N-ethyl adjacent to an activating group) is 1. The maximum Gasteiger partial charge on any atom is 0.331 e. The van der Waals surface area contributed by atoms with Crippen molar-refractivity contribution in [2.45, 2.75) is 38.0 Å². The number of ether oxygens (including phenoxy) is 1. The molecular formula is C16H25NO2S. The predicted octanol–water partition coefficient (Wildman–Crippen LogP) is 3.20. The van der Waals surface area contributed by atoms with Gasteiger partial charge >= 0.3 is 5.97 Å². The molecule has 3 nitrogen and oxygen atoms in total. The number of methoxy groups -OCH3 is 1. The summed E-state index contributed by atoms with van der Waals surface area (Å²) in [5, 5.41) is 3.34. The molecule has 4 heteroatoms. The maximum absolute atomic E-state index is 12.4. The molecule has 1 N–H and O–H groups in total. The monoisotopic (exact) mass is 295 g/mol. The molecule has 0 spiro atoms. The molecule has 1 atom stereocenters. The molecule has 20 heavy (non-hydrogen) atoms. The Labute approximate surface area is 126 Å². The molecule has 0 fully saturated rings. The quantitative estimate of drug-likeness (QED) is 0.818. The molecule has 1 aromatic carbocycles. The Morgan fingerprint density at radius 2 is 1.85 bits per heavy atom. The van der Waals surface area contributed by atoms with Gasteiger partial charge in [0, 0.05) is 10.5 Å². The van der Waals surface area contributed by atoms with Gasteiger partial charge in [-0.3, -0.25) is 5.32 Å². The van der Waals surface area contributed by atoms with E-state index in [0.29, 0.717) is 12.3 Å². The van der Waals surface area contributed by atoms with Crippen LogP contribution in [0.5, 0.6) is 0 Å². The van der Waals surface area contributed by atoms with E-state index in [1.165, 1.54) is 7.11 Å². The number of hydrogen-bond donors (Lipinski definition) is 1. The second-order valence-corrected chi connectivity index (χ2v) is 7.50. The number of hydrogen-bond acceptors (Lipinski definition) is 4. The first kappa shape index (κ1) is 17.1. The van der Waals surface area contributed by atoms with Crippen molar-refractivity contribution in [2.24, 2.45) is 0 Å². The van der Waals surface area contributed by atoms with Crippen molar-refractivity contribution in [3.63, 3.8) is 0 Å². The highest BCUT2D eigenvalue weighted by molar-refractivity contribution is 8.00. The van der Waals surface area contributed by atoms with Crippen molar-refractivity contribution in [1.82, 2.24) is 5.32 Å². The summed E-state index contributed by atoms with van der Waals surface area (Å²) in [6, 6.07) is 9.80. The van der Waals surface area contributed by atoms with E-state index in [1.807, 2.05) is 37.3 Å². The highest BCUT2D eigenvalue weighted by Gasteiger charge is 2.41. The lowest BCUT2D eigenvalue weighted by atomic mass is 9.91. The summed E-state index contributed by atoms with van der Waals surface area (Å²) in [7, 11) is 1.44. The molecule has 0 aliphatic rings. The smallest absolute Gasteiger partial charge is 0.331 e. The maximum atomic E-state index is 12.4. The summed E-state index contributed by atoms with van der Waals surface area (Å²) < 4.78 is 5.16. The predicted molar refractivity (Wildman–Crippen MR) is 86.0 cm³/mol. The molecular weight excluding hydrogens is 270 g/mol. The Kier molecular flexibility index (Phi) is 6.08. The normalized spacial score (nSPS) is 14.7. The molecule has 112 valence electrons. The van der Waals surface area contributed by atoms with Crippen LogP contribution < -0.4 is 5.32 Å². The molecule has 0 aliphatic carbocycles. The van der Waals surface area contributed by atoms with Crippen LogP contribution in [0, 0.1) is 0 Å². The van der Waals surface area contributed by atoms with E-state index in [1.54, 1.807) is 11.8 Å². The highest BCUT2D eigenvalue weighted by atomic mass is 32.2. The number of carbonyl (C=O) groups is 1. The summed E-state index contributed by atoms with van der Waals surface area (Å²) in [6.07, 6.45) is 0. The van der Waals surface area contributed by atoms with Gasteiger partial charge in [0.15, 0.2) is 5.54 Å². The lowest BCUT2D eigenvalue weighted by molar-refractivity contribution is -0.148. The second-order valence-electron chi connectivity index (χ2n) is 5.69. The van der Waals surface area contributed by atoms with Crippen molar-refractivity contribution in [3.05, 3.63) is 35.9 Å². The van der Waals surface area contributed by atoms with E-state index in [-0.39, 0.29) is 10.7 Å². The second kappa shape index (κ2) is 7.14. The first-order chi connectivity index (χ1) is 9.35. The van der Waals surface area contributed by atoms with Gasteiger partial charge < -0.3 is 4.74 Å². The lowest BCUT2D eigenvalue weighted by Crippen LogP contribution is -2.52. The van der Waals surface area contributed by atoms with Crippen LogP contribution >= 0.6 is 11.8 Å². The third kappa shape index (κ3) is 4.25. The third-order valence-corrected chi connectivity index (χ3v) is 4.44. The van der Waals surface area contributed by atoms with Crippen LogP contribution in [0.3, 0.4) is 0 Å². The van der Waals surface area contributed by atoms with Crippen LogP contribution in [0.4, 0.5) is 0 Å². The third-order valence-electron chi connectivity index (χ3n) is 3.00. The topological polar surface area (TPSA) is 38.3 Å².